The summed E-state index contributed by atoms with van der Waals surface area (Å²) in [7, 11) is 0. The van der Waals surface area contributed by atoms with Crippen molar-refractivity contribution in [2.45, 2.75) is 91.1 Å². The van der Waals surface area contributed by atoms with Gasteiger partial charge in [-0.3, -0.25) is 0 Å². The molecule has 56 heavy (non-hydrogen) atoms. The van der Waals surface area contributed by atoms with Gasteiger partial charge >= 0.3 is 0 Å². The third-order valence-corrected chi connectivity index (χ3v) is 15.1. The molecule has 1 aromatic heterocycles. The number of fused-ring (bicyclic) bond motifs is 7. The molecule has 7 aliphatic rings. The van der Waals surface area contributed by atoms with Crippen LogP contribution in [-0.4, -0.2) is 21.6 Å². The SMILES string of the molecule is CC1(C)C2=CC(N(C3=CC=C4C5=C(CCC=C5)C(C)(C)C4C3)C3C=CC(c4ccc5c(c4)c4ccccc4n5-c4ccccc4)=CC3)CCC2C2=C1CCC=C2. The minimum absolute atomic E-state index is 0.142. The molecule has 11 rings (SSSR count). The highest BCUT2D eigenvalue weighted by molar-refractivity contribution is 6.10. The number of nitrogens with zero attached hydrogens (tertiary/aromatic N) is 2. The number of hydrogen-bond donors (Lipinski definition) is 0. The first kappa shape index (κ1) is 34.2. The molecule has 0 aliphatic heterocycles. The third kappa shape index (κ3) is 5.07. The van der Waals surface area contributed by atoms with Crippen LogP contribution in [-0.2, 0) is 0 Å². The Bertz CT molecular complexity index is 2600. The molecule has 7 aliphatic carbocycles. The Balaban J connectivity index is 0.958. The monoisotopic (exact) mass is 730 g/mol. The average Bonchev–Trinajstić information content (AvgIpc) is 3.78. The smallest absolute Gasteiger partial charge is 0.0541 e. The molecule has 3 aromatic carbocycles. The van der Waals surface area contributed by atoms with Gasteiger partial charge in [0.05, 0.1) is 17.1 Å². The number of para-hydroxylation sites is 2. The zero-order chi connectivity index (χ0) is 37.8. The summed E-state index contributed by atoms with van der Waals surface area (Å²) in [5.74, 6) is 1.13. The van der Waals surface area contributed by atoms with Crippen LogP contribution in [0.15, 0.2) is 173 Å². The molecule has 2 nitrogen and oxygen atoms in total. The van der Waals surface area contributed by atoms with Gasteiger partial charge in [-0.05, 0) is 127 Å². The standard InChI is InChI=1S/C54H54N2/c1-53(2)47-19-11-8-16-41(47)43-29-27-39(33-49(43)53)55(40-28-30-44-42-17-9-12-20-48(42)54(3,4)50(44)34-40)38-25-22-35(23-26-38)36-24-31-52-46(32-36)45-18-10-13-21-51(45)56(52)37-14-6-5-7-15-37/h5-10,13-18,21-25,27,29,31-32,34,38,40,44,49H,11-12,19-20,26,28,30,33H2,1-4H3. The first-order valence-electron chi connectivity index (χ1n) is 21.5. The van der Waals surface area contributed by atoms with Gasteiger partial charge in [-0.1, -0.05) is 142 Å². The molecule has 0 saturated heterocycles. The van der Waals surface area contributed by atoms with Crippen LogP contribution in [0.5, 0.6) is 0 Å². The lowest BCUT2D eigenvalue weighted by Gasteiger charge is -2.46. The molecule has 280 valence electrons. The summed E-state index contributed by atoms with van der Waals surface area (Å²) in [5, 5.41) is 2.62. The molecule has 0 fully saturated rings. The lowest BCUT2D eigenvalue weighted by molar-refractivity contribution is 0.193. The van der Waals surface area contributed by atoms with E-state index in [4.69, 9.17) is 0 Å². The molecule has 4 unspecified atom stereocenters. The minimum Gasteiger partial charge on any atom is -0.362 e. The fourth-order valence-corrected chi connectivity index (χ4v) is 12.3. The molecular weight excluding hydrogens is 677 g/mol. The Morgan fingerprint density at radius 3 is 2.36 bits per heavy atom. The zero-order valence-corrected chi connectivity index (χ0v) is 33.6. The zero-order valence-electron chi connectivity index (χ0n) is 33.6. The Hall–Kier alpha value is -5.08. The average molecular weight is 731 g/mol. The van der Waals surface area contributed by atoms with Crippen LogP contribution in [0.4, 0.5) is 0 Å². The van der Waals surface area contributed by atoms with E-state index < -0.39 is 0 Å². The van der Waals surface area contributed by atoms with E-state index in [1.807, 2.05) is 0 Å². The molecule has 0 bridgehead atoms. The van der Waals surface area contributed by atoms with Gasteiger partial charge in [0.25, 0.3) is 0 Å². The summed E-state index contributed by atoms with van der Waals surface area (Å²) in [4.78, 5) is 2.89. The number of aromatic nitrogens is 1. The molecule has 0 spiro atoms. The van der Waals surface area contributed by atoms with Crippen molar-refractivity contribution in [1.29, 1.82) is 0 Å². The first-order valence-corrected chi connectivity index (χ1v) is 21.5. The Kier molecular flexibility index (Phi) is 7.77. The van der Waals surface area contributed by atoms with E-state index in [0.29, 0.717) is 23.9 Å². The maximum atomic E-state index is 2.89. The molecule has 0 N–H and O–H groups in total. The van der Waals surface area contributed by atoms with Crippen molar-refractivity contribution in [3.05, 3.63) is 178 Å². The lowest BCUT2D eigenvalue weighted by atomic mass is 9.71. The van der Waals surface area contributed by atoms with Crippen molar-refractivity contribution in [3.63, 3.8) is 0 Å². The second-order valence-electron chi connectivity index (χ2n) is 18.6. The molecule has 0 saturated carbocycles. The van der Waals surface area contributed by atoms with Crippen LogP contribution >= 0.6 is 0 Å². The lowest BCUT2D eigenvalue weighted by Crippen LogP contribution is -2.44. The van der Waals surface area contributed by atoms with Crippen molar-refractivity contribution in [2.24, 2.45) is 22.7 Å². The van der Waals surface area contributed by atoms with E-state index in [1.54, 1.807) is 33.4 Å². The van der Waals surface area contributed by atoms with Crippen LogP contribution < -0.4 is 0 Å². The summed E-state index contributed by atoms with van der Waals surface area (Å²) in [6.07, 6.45) is 34.5. The fraction of sp³-hybridized carbons (Fsp3) is 0.333. The highest BCUT2D eigenvalue weighted by Gasteiger charge is 2.48. The second-order valence-corrected chi connectivity index (χ2v) is 18.6. The molecule has 1 heterocycles. The Morgan fingerprint density at radius 1 is 0.732 bits per heavy atom. The molecule has 4 atom stereocenters. The predicted octanol–water partition coefficient (Wildman–Crippen LogP) is 13.7. The second kappa shape index (κ2) is 12.7. The largest absolute Gasteiger partial charge is 0.362 e. The van der Waals surface area contributed by atoms with Gasteiger partial charge in [-0.25, -0.2) is 0 Å². The van der Waals surface area contributed by atoms with Gasteiger partial charge in [0.15, 0.2) is 0 Å². The van der Waals surface area contributed by atoms with E-state index in [2.05, 4.69) is 171 Å². The van der Waals surface area contributed by atoms with Crippen molar-refractivity contribution in [1.82, 2.24) is 9.47 Å². The summed E-state index contributed by atoms with van der Waals surface area (Å²) in [6, 6.07) is 27.5. The maximum absolute atomic E-state index is 2.89. The van der Waals surface area contributed by atoms with Crippen LogP contribution in [0.1, 0.15) is 84.6 Å². The number of hydrogen-bond acceptors (Lipinski definition) is 1. The molecular formula is C54H54N2. The Morgan fingerprint density at radius 2 is 1.52 bits per heavy atom. The minimum atomic E-state index is 0.142. The van der Waals surface area contributed by atoms with Crippen molar-refractivity contribution in [3.8, 4) is 5.69 Å². The van der Waals surface area contributed by atoms with Crippen LogP contribution in [0.2, 0.25) is 0 Å². The van der Waals surface area contributed by atoms with Gasteiger partial charge in [-0.15, -0.1) is 0 Å². The Labute approximate surface area is 333 Å². The highest BCUT2D eigenvalue weighted by atomic mass is 15.2. The van der Waals surface area contributed by atoms with Crippen molar-refractivity contribution >= 4 is 27.4 Å². The summed E-state index contributed by atoms with van der Waals surface area (Å²) >= 11 is 0. The summed E-state index contributed by atoms with van der Waals surface area (Å²) < 4.78 is 2.41. The quantitative estimate of drug-likeness (QED) is 0.186. The molecule has 2 heteroatoms. The van der Waals surface area contributed by atoms with E-state index in [1.165, 1.54) is 82.9 Å². The van der Waals surface area contributed by atoms with Crippen LogP contribution in [0.3, 0.4) is 0 Å². The van der Waals surface area contributed by atoms with Crippen LogP contribution in [0.25, 0.3) is 33.1 Å². The number of benzene rings is 3. The summed E-state index contributed by atoms with van der Waals surface area (Å²) in [5.41, 5.74) is 18.1. The van der Waals surface area contributed by atoms with Gasteiger partial charge in [0.2, 0.25) is 0 Å². The third-order valence-electron chi connectivity index (χ3n) is 15.1. The fourth-order valence-electron chi connectivity index (χ4n) is 12.3. The van der Waals surface area contributed by atoms with Gasteiger partial charge in [-0.2, -0.15) is 0 Å². The molecule has 4 aromatic rings. The normalized spacial score (nSPS) is 27.1. The van der Waals surface area contributed by atoms with Crippen molar-refractivity contribution in [2.75, 3.05) is 0 Å². The first-order chi connectivity index (χ1) is 27.3. The van der Waals surface area contributed by atoms with E-state index in [9.17, 15) is 0 Å². The summed E-state index contributed by atoms with van der Waals surface area (Å²) in [6.45, 7) is 10.1. The van der Waals surface area contributed by atoms with Crippen molar-refractivity contribution < 1.29 is 0 Å². The predicted molar refractivity (Wildman–Crippen MR) is 235 cm³/mol. The van der Waals surface area contributed by atoms with E-state index >= 15 is 0 Å². The molecule has 0 amide bonds. The van der Waals surface area contributed by atoms with Gasteiger partial charge in [0, 0.05) is 39.5 Å². The van der Waals surface area contributed by atoms with E-state index in [-0.39, 0.29) is 10.8 Å². The van der Waals surface area contributed by atoms with Gasteiger partial charge < -0.3 is 9.47 Å². The molecule has 0 radical (unpaired) electrons. The topological polar surface area (TPSA) is 8.17 Å². The highest BCUT2D eigenvalue weighted by Crippen LogP contribution is 2.59. The maximum Gasteiger partial charge on any atom is 0.0541 e. The van der Waals surface area contributed by atoms with Crippen LogP contribution in [0, 0.1) is 22.7 Å². The number of allylic oxidation sites excluding steroid dienone is 15. The van der Waals surface area contributed by atoms with E-state index in [0.717, 1.165) is 12.8 Å². The van der Waals surface area contributed by atoms with Gasteiger partial charge in [0.1, 0.15) is 0 Å². The number of rotatable bonds is 5.